The Bertz CT molecular complexity index is 638. The van der Waals surface area contributed by atoms with Crippen LogP contribution in [0.2, 0.25) is 0 Å². The van der Waals surface area contributed by atoms with Crippen molar-refractivity contribution >= 4 is 5.97 Å². The molecule has 25 heavy (non-hydrogen) atoms. The summed E-state index contributed by atoms with van der Waals surface area (Å²) in [5.41, 5.74) is 3.16. The Morgan fingerprint density at radius 1 is 1.12 bits per heavy atom. The summed E-state index contributed by atoms with van der Waals surface area (Å²) in [6, 6.07) is 6.23. The lowest BCUT2D eigenvalue weighted by Crippen LogP contribution is -2.29. The van der Waals surface area contributed by atoms with Crippen molar-refractivity contribution in [2.75, 3.05) is 0 Å². The molecule has 1 aliphatic carbocycles. The van der Waals surface area contributed by atoms with Gasteiger partial charge in [0.2, 0.25) is 0 Å². The smallest absolute Gasteiger partial charge is 0.338 e. The van der Waals surface area contributed by atoms with Crippen LogP contribution in [-0.4, -0.2) is 17.2 Å². The molecule has 2 atom stereocenters. The molecule has 2 rings (SSSR count). The first-order valence-corrected chi connectivity index (χ1v) is 9.19. The Morgan fingerprint density at radius 3 is 2.44 bits per heavy atom. The van der Waals surface area contributed by atoms with Crippen molar-refractivity contribution in [3.05, 3.63) is 53.1 Å². The second-order valence-corrected chi connectivity index (χ2v) is 7.47. The van der Waals surface area contributed by atoms with Gasteiger partial charge >= 0.3 is 5.97 Å². The lowest BCUT2D eigenvalue weighted by molar-refractivity contribution is 0.0199. The Labute approximate surface area is 151 Å². The largest absolute Gasteiger partial charge is 0.508 e. The molecule has 0 aliphatic heterocycles. The van der Waals surface area contributed by atoms with Crippen LogP contribution >= 0.6 is 0 Å². The molecule has 1 aliphatic rings. The van der Waals surface area contributed by atoms with E-state index >= 15 is 0 Å². The van der Waals surface area contributed by atoms with E-state index in [0.717, 1.165) is 25.7 Å². The Balaban J connectivity index is 2.23. The third-order valence-corrected chi connectivity index (χ3v) is 4.98. The van der Waals surface area contributed by atoms with Gasteiger partial charge in [0.05, 0.1) is 5.56 Å². The highest BCUT2D eigenvalue weighted by atomic mass is 16.5. The standard InChI is InChI=1S/C22H30O3/c1-15(2)20-13-8-16(3)6-5-7-17(4)14-21(20)25-22(24)18-9-11-19(23)12-10-18/h6,9-12,14-15,20-21,23H,5,7-8,13H2,1-4H3/b16-6+,17-14+/t20-,21-/m0/s1. The van der Waals surface area contributed by atoms with E-state index in [0.29, 0.717) is 11.5 Å². The highest BCUT2D eigenvalue weighted by Crippen LogP contribution is 2.29. The zero-order valence-electron chi connectivity index (χ0n) is 15.8. The van der Waals surface area contributed by atoms with Crippen LogP contribution < -0.4 is 0 Å². The maximum Gasteiger partial charge on any atom is 0.338 e. The monoisotopic (exact) mass is 342 g/mol. The highest BCUT2D eigenvalue weighted by Gasteiger charge is 2.27. The molecule has 1 aromatic rings. The van der Waals surface area contributed by atoms with Gasteiger partial charge in [-0.15, -0.1) is 0 Å². The molecule has 136 valence electrons. The van der Waals surface area contributed by atoms with Gasteiger partial charge in [-0.3, -0.25) is 0 Å². The molecular formula is C22H30O3. The zero-order chi connectivity index (χ0) is 18.4. The second kappa shape index (κ2) is 8.89. The van der Waals surface area contributed by atoms with E-state index in [-0.39, 0.29) is 23.7 Å². The molecule has 0 unspecified atom stereocenters. The molecule has 1 aromatic carbocycles. The lowest BCUT2D eigenvalue weighted by Gasteiger charge is -2.29. The summed E-state index contributed by atoms with van der Waals surface area (Å²) in [7, 11) is 0. The van der Waals surface area contributed by atoms with Crippen LogP contribution in [0.4, 0.5) is 0 Å². The molecule has 0 saturated heterocycles. The fourth-order valence-corrected chi connectivity index (χ4v) is 3.32. The van der Waals surface area contributed by atoms with E-state index in [2.05, 4.69) is 39.8 Å². The maximum absolute atomic E-state index is 12.6. The van der Waals surface area contributed by atoms with Crippen molar-refractivity contribution in [3.8, 4) is 5.75 Å². The number of hydrogen-bond acceptors (Lipinski definition) is 3. The van der Waals surface area contributed by atoms with E-state index < -0.39 is 0 Å². The SMILES string of the molecule is C/C1=C\[C@H](OC(=O)c2ccc(O)cc2)[C@H](C(C)C)CC/C(C)=C/CC1. The van der Waals surface area contributed by atoms with Crippen LogP contribution in [0.3, 0.4) is 0 Å². The number of aromatic hydroxyl groups is 1. The highest BCUT2D eigenvalue weighted by molar-refractivity contribution is 5.89. The van der Waals surface area contributed by atoms with Gasteiger partial charge in [-0.1, -0.05) is 31.1 Å². The van der Waals surface area contributed by atoms with Gasteiger partial charge in [-0.2, -0.15) is 0 Å². The molecule has 0 bridgehead atoms. The predicted octanol–water partition coefficient (Wildman–Crippen LogP) is 5.66. The summed E-state index contributed by atoms with van der Waals surface area (Å²) < 4.78 is 5.91. The molecule has 0 amide bonds. The zero-order valence-corrected chi connectivity index (χ0v) is 15.8. The van der Waals surface area contributed by atoms with Crippen LogP contribution in [0.5, 0.6) is 5.75 Å². The first-order chi connectivity index (χ1) is 11.9. The summed E-state index contributed by atoms with van der Waals surface area (Å²) in [5, 5.41) is 9.39. The first-order valence-electron chi connectivity index (χ1n) is 9.19. The molecule has 0 heterocycles. The molecule has 0 fully saturated rings. The molecule has 1 N–H and O–H groups in total. The minimum Gasteiger partial charge on any atom is -0.508 e. The van der Waals surface area contributed by atoms with Crippen LogP contribution in [0.1, 0.15) is 63.7 Å². The Hall–Kier alpha value is -2.03. The number of hydrogen-bond donors (Lipinski definition) is 1. The average molecular weight is 342 g/mol. The number of benzene rings is 1. The first kappa shape index (κ1) is 19.3. The number of allylic oxidation sites excluding steroid dienone is 3. The quantitative estimate of drug-likeness (QED) is 0.570. The van der Waals surface area contributed by atoms with Crippen molar-refractivity contribution in [2.24, 2.45) is 11.8 Å². The number of phenolic OH excluding ortho intramolecular Hbond substituents is 1. The molecule has 0 aromatic heterocycles. The summed E-state index contributed by atoms with van der Waals surface area (Å²) >= 11 is 0. The number of carbonyl (C=O) groups is 1. The Morgan fingerprint density at radius 2 is 1.80 bits per heavy atom. The van der Waals surface area contributed by atoms with Crippen molar-refractivity contribution in [1.29, 1.82) is 0 Å². The number of ether oxygens (including phenoxy) is 1. The second-order valence-electron chi connectivity index (χ2n) is 7.47. The Kier molecular flexibility index (Phi) is 6.86. The summed E-state index contributed by atoms with van der Waals surface area (Å²) in [6.45, 7) is 8.69. The average Bonchev–Trinajstić information content (AvgIpc) is 2.54. The van der Waals surface area contributed by atoms with E-state index in [4.69, 9.17) is 4.74 Å². The topological polar surface area (TPSA) is 46.5 Å². The van der Waals surface area contributed by atoms with Crippen LogP contribution in [0, 0.1) is 11.8 Å². The van der Waals surface area contributed by atoms with Gasteiger partial charge in [0.1, 0.15) is 11.9 Å². The van der Waals surface area contributed by atoms with E-state index in [9.17, 15) is 9.90 Å². The van der Waals surface area contributed by atoms with Gasteiger partial charge in [0.25, 0.3) is 0 Å². The van der Waals surface area contributed by atoms with Gasteiger partial charge < -0.3 is 9.84 Å². The van der Waals surface area contributed by atoms with Crippen molar-refractivity contribution < 1.29 is 14.6 Å². The van der Waals surface area contributed by atoms with E-state index in [1.807, 2.05) is 0 Å². The number of carbonyl (C=O) groups excluding carboxylic acids is 1. The molecule has 0 saturated carbocycles. The van der Waals surface area contributed by atoms with E-state index in [1.165, 1.54) is 23.3 Å². The minimum absolute atomic E-state index is 0.147. The molecule has 3 heteroatoms. The molecular weight excluding hydrogens is 312 g/mol. The third kappa shape index (κ3) is 5.77. The number of rotatable bonds is 3. The number of esters is 1. The summed E-state index contributed by atoms with van der Waals surface area (Å²) in [5.74, 6) is 0.531. The summed E-state index contributed by atoms with van der Waals surface area (Å²) in [4.78, 5) is 12.6. The minimum atomic E-state index is -0.330. The van der Waals surface area contributed by atoms with Crippen molar-refractivity contribution in [3.63, 3.8) is 0 Å². The maximum atomic E-state index is 12.6. The van der Waals surface area contributed by atoms with Gasteiger partial charge in [-0.05, 0) is 75.8 Å². The molecule has 0 radical (unpaired) electrons. The molecule has 0 spiro atoms. The van der Waals surface area contributed by atoms with Gasteiger partial charge in [0, 0.05) is 5.92 Å². The fraction of sp³-hybridized carbons (Fsp3) is 0.500. The number of phenols is 1. The normalized spacial score (nSPS) is 26.3. The van der Waals surface area contributed by atoms with Crippen molar-refractivity contribution in [2.45, 2.75) is 59.5 Å². The summed E-state index contributed by atoms with van der Waals surface area (Å²) in [6.07, 6.45) is 8.34. The fourth-order valence-electron chi connectivity index (χ4n) is 3.32. The third-order valence-electron chi connectivity index (χ3n) is 4.98. The van der Waals surface area contributed by atoms with Crippen molar-refractivity contribution in [1.82, 2.24) is 0 Å². The van der Waals surface area contributed by atoms with Crippen LogP contribution in [-0.2, 0) is 4.74 Å². The van der Waals surface area contributed by atoms with E-state index in [1.54, 1.807) is 12.1 Å². The molecule has 3 nitrogen and oxygen atoms in total. The lowest BCUT2D eigenvalue weighted by atomic mass is 9.83. The predicted molar refractivity (Wildman–Crippen MR) is 102 cm³/mol. The van der Waals surface area contributed by atoms with Gasteiger partial charge in [-0.25, -0.2) is 4.79 Å². The van der Waals surface area contributed by atoms with Crippen LogP contribution in [0.25, 0.3) is 0 Å². The van der Waals surface area contributed by atoms with Gasteiger partial charge in [0.15, 0.2) is 0 Å². The van der Waals surface area contributed by atoms with Crippen LogP contribution in [0.15, 0.2) is 47.6 Å².